The first-order chi connectivity index (χ1) is 14.5. The SMILES string of the molecule is C[C@H]1CN(C(=O)CCC2(C3CC3)CC(=O)NC2=O)CCN1c1cccc2ccoc12. The molecule has 3 fully saturated rings. The number of carbonyl (C=O) groups is 3. The molecular weight excluding hydrogens is 382 g/mol. The minimum Gasteiger partial charge on any atom is -0.462 e. The van der Waals surface area contributed by atoms with Crippen LogP contribution < -0.4 is 10.2 Å². The Bertz CT molecular complexity index is 1010. The van der Waals surface area contributed by atoms with Gasteiger partial charge in [-0.2, -0.15) is 0 Å². The second-order valence-electron chi connectivity index (χ2n) is 8.98. The first-order valence-corrected chi connectivity index (χ1v) is 10.8. The van der Waals surface area contributed by atoms with Crippen molar-refractivity contribution in [2.24, 2.45) is 11.3 Å². The summed E-state index contributed by atoms with van der Waals surface area (Å²) in [6, 6.07) is 8.25. The minimum absolute atomic E-state index is 0.0740. The van der Waals surface area contributed by atoms with Gasteiger partial charge in [-0.15, -0.1) is 0 Å². The summed E-state index contributed by atoms with van der Waals surface area (Å²) < 4.78 is 5.69. The zero-order valence-electron chi connectivity index (χ0n) is 17.2. The molecule has 158 valence electrons. The summed E-state index contributed by atoms with van der Waals surface area (Å²) in [4.78, 5) is 41.4. The van der Waals surface area contributed by atoms with Gasteiger partial charge in [0.2, 0.25) is 17.7 Å². The van der Waals surface area contributed by atoms with Crippen LogP contribution >= 0.6 is 0 Å². The molecule has 2 saturated heterocycles. The van der Waals surface area contributed by atoms with Crippen molar-refractivity contribution >= 4 is 34.4 Å². The molecule has 0 bridgehead atoms. The predicted molar refractivity (Wildman–Crippen MR) is 112 cm³/mol. The number of anilines is 1. The van der Waals surface area contributed by atoms with Crippen LogP contribution in [0.1, 0.15) is 39.0 Å². The molecule has 1 unspecified atom stereocenters. The van der Waals surface area contributed by atoms with Crippen LogP contribution in [0.25, 0.3) is 11.0 Å². The van der Waals surface area contributed by atoms with E-state index in [1.807, 2.05) is 23.1 Å². The molecule has 1 aliphatic carbocycles. The lowest BCUT2D eigenvalue weighted by molar-refractivity contribution is -0.134. The summed E-state index contributed by atoms with van der Waals surface area (Å²) in [5, 5.41) is 3.53. The minimum atomic E-state index is -0.658. The zero-order valence-corrected chi connectivity index (χ0v) is 17.2. The Morgan fingerprint density at radius 2 is 2.07 bits per heavy atom. The lowest BCUT2D eigenvalue weighted by Crippen LogP contribution is -2.54. The van der Waals surface area contributed by atoms with Gasteiger partial charge in [-0.3, -0.25) is 19.7 Å². The molecule has 2 aromatic rings. The van der Waals surface area contributed by atoms with E-state index in [0.717, 1.165) is 36.0 Å². The van der Waals surface area contributed by atoms with Gasteiger partial charge >= 0.3 is 0 Å². The van der Waals surface area contributed by atoms with Crippen LogP contribution in [0, 0.1) is 11.3 Å². The predicted octanol–water partition coefficient (Wildman–Crippen LogP) is 2.69. The lowest BCUT2D eigenvalue weighted by atomic mass is 9.76. The van der Waals surface area contributed by atoms with Crippen molar-refractivity contribution in [2.45, 2.75) is 45.1 Å². The van der Waals surface area contributed by atoms with Gasteiger partial charge in [0, 0.05) is 43.9 Å². The quantitative estimate of drug-likeness (QED) is 0.768. The molecule has 1 aromatic carbocycles. The van der Waals surface area contributed by atoms with E-state index >= 15 is 0 Å². The van der Waals surface area contributed by atoms with Crippen LogP contribution in [0.3, 0.4) is 0 Å². The third kappa shape index (κ3) is 3.16. The van der Waals surface area contributed by atoms with Crippen molar-refractivity contribution in [1.29, 1.82) is 0 Å². The van der Waals surface area contributed by atoms with Gasteiger partial charge < -0.3 is 14.2 Å². The Kier molecular flexibility index (Phi) is 4.56. The number of hydrogen-bond acceptors (Lipinski definition) is 5. The van der Waals surface area contributed by atoms with E-state index in [1.165, 1.54) is 0 Å². The molecule has 2 atom stereocenters. The Morgan fingerprint density at radius 3 is 2.77 bits per heavy atom. The van der Waals surface area contributed by atoms with Crippen LogP contribution in [-0.4, -0.2) is 48.3 Å². The molecule has 0 radical (unpaired) electrons. The standard InChI is InChI=1S/C23H27N3O4/c1-15-14-25(10-11-26(15)18-4-2-3-16-8-12-30-21(16)18)20(28)7-9-23(17-5-6-17)13-19(27)24-22(23)29/h2-4,8,12,15,17H,5-7,9-11,13-14H2,1H3,(H,24,27,29)/t15-,23?/m0/s1. The number of furan rings is 1. The summed E-state index contributed by atoms with van der Waals surface area (Å²) in [5.74, 6) is -0.0487. The number of imide groups is 1. The van der Waals surface area contributed by atoms with Crippen molar-refractivity contribution in [3.8, 4) is 0 Å². The third-order valence-electron chi connectivity index (χ3n) is 7.07. The topological polar surface area (TPSA) is 82.9 Å². The highest BCUT2D eigenvalue weighted by molar-refractivity contribution is 6.06. The van der Waals surface area contributed by atoms with Crippen molar-refractivity contribution in [2.75, 3.05) is 24.5 Å². The average molecular weight is 409 g/mol. The second-order valence-corrected chi connectivity index (χ2v) is 8.98. The zero-order chi connectivity index (χ0) is 20.9. The highest BCUT2D eigenvalue weighted by Gasteiger charge is 2.55. The van der Waals surface area contributed by atoms with E-state index in [4.69, 9.17) is 4.42 Å². The lowest BCUT2D eigenvalue weighted by Gasteiger charge is -2.41. The summed E-state index contributed by atoms with van der Waals surface area (Å²) in [6.45, 7) is 4.13. The van der Waals surface area contributed by atoms with E-state index < -0.39 is 5.41 Å². The smallest absolute Gasteiger partial charge is 0.233 e. The fraction of sp³-hybridized carbons (Fsp3) is 0.522. The molecule has 3 aliphatic rings. The van der Waals surface area contributed by atoms with Gasteiger partial charge in [0.15, 0.2) is 5.58 Å². The number of fused-ring (bicyclic) bond motifs is 1. The molecule has 1 N–H and O–H groups in total. The van der Waals surface area contributed by atoms with Gasteiger partial charge in [-0.05, 0) is 44.2 Å². The Balaban J connectivity index is 1.24. The van der Waals surface area contributed by atoms with E-state index in [1.54, 1.807) is 6.26 Å². The van der Waals surface area contributed by atoms with Crippen LogP contribution in [0.15, 0.2) is 34.9 Å². The van der Waals surface area contributed by atoms with Gasteiger partial charge in [0.05, 0.1) is 17.4 Å². The number of piperazine rings is 1. The monoisotopic (exact) mass is 409 g/mol. The molecule has 7 nitrogen and oxygen atoms in total. The molecule has 5 rings (SSSR count). The summed E-state index contributed by atoms with van der Waals surface area (Å²) in [5.41, 5.74) is 1.29. The number of amides is 3. The number of carbonyl (C=O) groups excluding carboxylic acids is 3. The molecule has 2 aliphatic heterocycles. The number of rotatable bonds is 5. The fourth-order valence-electron chi connectivity index (χ4n) is 5.27. The van der Waals surface area contributed by atoms with Gasteiger partial charge in [-0.25, -0.2) is 0 Å². The maximum atomic E-state index is 13.0. The highest BCUT2D eigenvalue weighted by atomic mass is 16.3. The van der Waals surface area contributed by atoms with Crippen molar-refractivity contribution < 1.29 is 18.8 Å². The van der Waals surface area contributed by atoms with Crippen molar-refractivity contribution in [3.63, 3.8) is 0 Å². The molecule has 1 aromatic heterocycles. The number of nitrogens with zero attached hydrogens (tertiary/aromatic N) is 2. The van der Waals surface area contributed by atoms with Gasteiger partial charge in [0.1, 0.15) is 0 Å². The largest absolute Gasteiger partial charge is 0.462 e. The highest BCUT2D eigenvalue weighted by Crippen LogP contribution is 2.52. The van der Waals surface area contributed by atoms with E-state index in [0.29, 0.717) is 25.9 Å². The normalized spacial score (nSPS) is 27.0. The molecule has 1 saturated carbocycles. The molecular formula is C23H27N3O4. The first kappa shape index (κ1) is 19.2. The third-order valence-corrected chi connectivity index (χ3v) is 7.07. The van der Waals surface area contributed by atoms with E-state index in [2.05, 4.69) is 23.2 Å². The van der Waals surface area contributed by atoms with Crippen molar-refractivity contribution in [1.82, 2.24) is 10.2 Å². The van der Waals surface area contributed by atoms with E-state index in [-0.39, 0.29) is 36.1 Å². The van der Waals surface area contributed by atoms with Gasteiger partial charge in [0.25, 0.3) is 0 Å². The maximum Gasteiger partial charge on any atom is 0.233 e. The van der Waals surface area contributed by atoms with Crippen LogP contribution in [-0.2, 0) is 14.4 Å². The average Bonchev–Trinajstić information content (AvgIpc) is 3.39. The summed E-state index contributed by atoms with van der Waals surface area (Å²) >= 11 is 0. The van der Waals surface area contributed by atoms with Crippen molar-refractivity contribution in [3.05, 3.63) is 30.5 Å². The van der Waals surface area contributed by atoms with Gasteiger partial charge in [-0.1, -0.05) is 12.1 Å². The first-order valence-electron chi connectivity index (χ1n) is 10.8. The van der Waals surface area contributed by atoms with Crippen LogP contribution in [0.4, 0.5) is 5.69 Å². The Hall–Kier alpha value is -2.83. The fourth-order valence-corrected chi connectivity index (χ4v) is 5.27. The molecule has 30 heavy (non-hydrogen) atoms. The van der Waals surface area contributed by atoms with E-state index in [9.17, 15) is 14.4 Å². The Labute approximate surface area is 175 Å². The second kappa shape index (κ2) is 7.15. The molecule has 0 spiro atoms. The molecule has 3 heterocycles. The van der Waals surface area contributed by atoms with Crippen LogP contribution in [0.5, 0.6) is 0 Å². The summed E-state index contributed by atoms with van der Waals surface area (Å²) in [6.07, 6.45) is 4.68. The molecule has 7 heteroatoms. The number of hydrogen-bond donors (Lipinski definition) is 1. The Morgan fingerprint density at radius 1 is 1.23 bits per heavy atom. The number of nitrogens with one attached hydrogen (secondary N) is 1. The molecule has 3 amide bonds. The number of para-hydroxylation sites is 1. The number of benzene rings is 1. The maximum absolute atomic E-state index is 13.0. The summed E-state index contributed by atoms with van der Waals surface area (Å²) in [7, 11) is 0. The van der Waals surface area contributed by atoms with Crippen LogP contribution in [0.2, 0.25) is 0 Å².